The molecule has 1 saturated heterocycles. The van der Waals surface area contributed by atoms with Crippen molar-refractivity contribution >= 4 is 11.8 Å². The number of likely N-dealkylation sites (tertiary alicyclic amines) is 1. The quantitative estimate of drug-likeness (QED) is 0.805. The minimum absolute atomic E-state index is 0.0574. The third kappa shape index (κ3) is 2.33. The van der Waals surface area contributed by atoms with Gasteiger partial charge in [0, 0.05) is 31.5 Å². The molecule has 1 aliphatic heterocycles. The Balaban J connectivity index is 1.39. The Morgan fingerprint density at radius 3 is 2.70 bits per heavy atom. The van der Waals surface area contributed by atoms with Crippen molar-refractivity contribution in [1.29, 1.82) is 0 Å². The van der Waals surface area contributed by atoms with Crippen molar-refractivity contribution in [1.82, 2.24) is 20.0 Å². The molecule has 3 rings (SSSR count). The molecule has 0 spiro atoms. The minimum atomic E-state index is -0.101. The summed E-state index contributed by atoms with van der Waals surface area (Å²) in [6, 6.07) is 2.54. The first kappa shape index (κ1) is 12.9. The SMILES string of the molecule is C=CC(=O)N1CC(C(=O)NC2CC(n3cccn3)C2)C1. The van der Waals surface area contributed by atoms with Crippen LogP contribution in [0.15, 0.2) is 31.1 Å². The molecule has 0 radical (unpaired) electrons. The summed E-state index contributed by atoms with van der Waals surface area (Å²) in [5, 5.41) is 7.25. The molecule has 0 unspecified atom stereocenters. The zero-order valence-electron chi connectivity index (χ0n) is 11.2. The normalized spacial score (nSPS) is 25.5. The summed E-state index contributed by atoms with van der Waals surface area (Å²) in [4.78, 5) is 24.9. The van der Waals surface area contributed by atoms with Crippen molar-refractivity contribution < 1.29 is 9.59 Å². The van der Waals surface area contributed by atoms with Gasteiger partial charge in [0.15, 0.2) is 0 Å². The van der Waals surface area contributed by atoms with E-state index in [4.69, 9.17) is 0 Å². The van der Waals surface area contributed by atoms with Gasteiger partial charge in [-0.15, -0.1) is 0 Å². The van der Waals surface area contributed by atoms with Crippen LogP contribution in [0.1, 0.15) is 18.9 Å². The summed E-state index contributed by atoms with van der Waals surface area (Å²) in [7, 11) is 0. The van der Waals surface area contributed by atoms with Crippen molar-refractivity contribution in [2.75, 3.05) is 13.1 Å². The van der Waals surface area contributed by atoms with Gasteiger partial charge in [-0.25, -0.2) is 0 Å². The van der Waals surface area contributed by atoms with Crippen molar-refractivity contribution in [2.45, 2.75) is 24.9 Å². The number of nitrogens with one attached hydrogen (secondary N) is 1. The second-order valence-corrected chi connectivity index (χ2v) is 5.46. The molecule has 20 heavy (non-hydrogen) atoms. The zero-order valence-corrected chi connectivity index (χ0v) is 11.2. The van der Waals surface area contributed by atoms with Crippen LogP contribution in [-0.4, -0.2) is 45.6 Å². The van der Waals surface area contributed by atoms with Gasteiger partial charge in [-0.1, -0.05) is 6.58 Å². The van der Waals surface area contributed by atoms with Crippen LogP contribution in [-0.2, 0) is 9.59 Å². The molecule has 6 heteroatoms. The number of hydrogen-bond acceptors (Lipinski definition) is 3. The fraction of sp³-hybridized carbons (Fsp3) is 0.500. The molecule has 1 aliphatic carbocycles. The molecule has 1 saturated carbocycles. The summed E-state index contributed by atoms with van der Waals surface area (Å²) in [5.74, 6) is -0.110. The monoisotopic (exact) mass is 274 g/mol. The predicted octanol–water partition coefficient (Wildman–Crippen LogP) is 0.347. The number of amides is 2. The lowest BCUT2D eigenvalue weighted by molar-refractivity contribution is -0.140. The summed E-state index contributed by atoms with van der Waals surface area (Å²) in [6.45, 7) is 4.45. The Morgan fingerprint density at radius 2 is 2.10 bits per heavy atom. The van der Waals surface area contributed by atoms with Crippen LogP contribution in [0, 0.1) is 5.92 Å². The molecule has 1 N–H and O–H groups in total. The van der Waals surface area contributed by atoms with Crippen LogP contribution in [0.5, 0.6) is 0 Å². The summed E-state index contributed by atoms with van der Waals surface area (Å²) in [5.41, 5.74) is 0. The molecule has 0 atom stereocenters. The van der Waals surface area contributed by atoms with Crippen molar-refractivity contribution in [3.63, 3.8) is 0 Å². The number of hydrogen-bond donors (Lipinski definition) is 1. The summed E-state index contributed by atoms with van der Waals surface area (Å²) < 4.78 is 1.94. The van der Waals surface area contributed by atoms with E-state index in [0.29, 0.717) is 19.1 Å². The number of carbonyl (C=O) groups is 2. The van der Waals surface area contributed by atoms with Gasteiger partial charge in [0.1, 0.15) is 0 Å². The fourth-order valence-corrected chi connectivity index (χ4v) is 2.69. The highest BCUT2D eigenvalue weighted by Crippen LogP contribution is 2.31. The van der Waals surface area contributed by atoms with E-state index < -0.39 is 0 Å². The predicted molar refractivity (Wildman–Crippen MR) is 72.7 cm³/mol. The van der Waals surface area contributed by atoms with E-state index in [0.717, 1.165) is 12.8 Å². The van der Waals surface area contributed by atoms with E-state index in [1.807, 2.05) is 16.9 Å². The van der Waals surface area contributed by atoms with Crippen molar-refractivity contribution in [3.8, 4) is 0 Å². The van der Waals surface area contributed by atoms with Gasteiger partial charge in [0.25, 0.3) is 0 Å². The average molecular weight is 274 g/mol. The van der Waals surface area contributed by atoms with Gasteiger partial charge >= 0.3 is 0 Å². The highest BCUT2D eigenvalue weighted by Gasteiger charge is 2.38. The Hall–Kier alpha value is -2.11. The number of carbonyl (C=O) groups excluding carboxylic acids is 2. The summed E-state index contributed by atoms with van der Waals surface area (Å²) in [6.07, 6.45) is 6.86. The highest BCUT2D eigenvalue weighted by molar-refractivity contribution is 5.90. The van der Waals surface area contributed by atoms with Gasteiger partial charge in [0.05, 0.1) is 12.0 Å². The van der Waals surface area contributed by atoms with E-state index in [-0.39, 0.29) is 23.8 Å². The molecular formula is C14H18N4O2. The zero-order chi connectivity index (χ0) is 14.1. The molecular weight excluding hydrogens is 256 g/mol. The molecule has 106 valence electrons. The standard InChI is InChI=1S/C14H18N4O2/c1-2-13(19)17-8-10(9-17)14(20)16-11-6-12(7-11)18-5-3-4-15-18/h2-5,10-12H,1,6-9H2,(H,16,20). The molecule has 2 amide bonds. The van der Waals surface area contributed by atoms with Crippen LogP contribution in [0.2, 0.25) is 0 Å². The maximum atomic E-state index is 12.0. The van der Waals surface area contributed by atoms with Gasteiger partial charge in [-0.3, -0.25) is 14.3 Å². The molecule has 2 aliphatic rings. The maximum absolute atomic E-state index is 12.0. The highest BCUT2D eigenvalue weighted by atomic mass is 16.2. The van der Waals surface area contributed by atoms with Gasteiger partial charge in [-0.05, 0) is 25.0 Å². The lowest BCUT2D eigenvalue weighted by atomic mass is 9.86. The minimum Gasteiger partial charge on any atom is -0.353 e. The maximum Gasteiger partial charge on any atom is 0.246 e. The fourth-order valence-electron chi connectivity index (χ4n) is 2.69. The van der Waals surface area contributed by atoms with Crippen LogP contribution in [0.3, 0.4) is 0 Å². The Kier molecular flexibility index (Phi) is 3.30. The van der Waals surface area contributed by atoms with Gasteiger partial charge in [0.2, 0.25) is 11.8 Å². The third-order valence-corrected chi connectivity index (χ3v) is 4.10. The number of rotatable bonds is 4. The largest absolute Gasteiger partial charge is 0.353 e. The van der Waals surface area contributed by atoms with E-state index in [2.05, 4.69) is 17.0 Å². The first-order valence-electron chi connectivity index (χ1n) is 6.88. The van der Waals surface area contributed by atoms with E-state index >= 15 is 0 Å². The Labute approximate surface area is 117 Å². The van der Waals surface area contributed by atoms with E-state index in [1.165, 1.54) is 6.08 Å². The molecule has 2 heterocycles. The van der Waals surface area contributed by atoms with E-state index in [1.54, 1.807) is 11.1 Å². The van der Waals surface area contributed by atoms with Crippen molar-refractivity contribution in [2.24, 2.45) is 5.92 Å². The van der Waals surface area contributed by atoms with Crippen LogP contribution in [0.4, 0.5) is 0 Å². The Bertz CT molecular complexity index is 513. The molecule has 1 aromatic heterocycles. The van der Waals surface area contributed by atoms with Gasteiger partial charge in [-0.2, -0.15) is 5.10 Å². The summed E-state index contributed by atoms with van der Waals surface area (Å²) >= 11 is 0. The third-order valence-electron chi connectivity index (χ3n) is 4.10. The molecule has 6 nitrogen and oxygen atoms in total. The molecule has 2 fully saturated rings. The molecule has 0 bridgehead atoms. The van der Waals surface area contributed by atoms with Crippen LogP contribution < -0.4 is 5.32 Å². The molecule has 0 aromatic carbocycles. The topological polar surface area (TPSA) is 67.2 Å². The van der Waals surface area contributed by atoms with Gasteiger partial charge < -0.3 is 10.2 Å². The second kappa shape index (κ2) is 5.11. The second-order valence-electron chi connectivity index (χ2n) is 5.46. The Morgan fingerprint density at radius 1 is 1.35 bits per heavy atom. The van der Waals surface area contributed by atoms with Crippen LogP contribution >= 0.6 is 0 Å². The van der Waals surface area contributed by atoms with Crippen LogP contribution in [0.25, 0.3) is 0 Å². The lowest BCUT2D eigenvalue weighted by Crippen LogP contribution is -2.57. The number of nitrogens with zero attached hydrogens (tertiary/aromatic N) is 3. The van der Waals surface area contributed by atoms with E-state index in [9.17, 15) is 9.59 Å². The first-order valence-corrected chi connectivity index (χ1v) is 6.88. The van der Waals surface area contributed by atoms with Crippen molar-refractivity contribution in [3.05, 3.63) is 31.1 Å². The molecule has 1 aromatic rings. The smallest absolute Gasteiger partial charge is 0.246 e. The number of aromatic nitrogens is 2. The first-order chi connectivity index (χ1) is 9.67. The lowest BCUT2D eigenvalue weighted by Gasteiger charge is -2.41. The average Bonchev–Trinajstić information content (AvgIpc) is 2.84.